The number of halogens is 1. The molecule has 0 aromatic heterocycles. The van der Waals surface area contributed by atoms with E-state index in [-0.39, 0.29) is 24.5 Å². The second-order valence-corrected chi connectivity index (χ2v) is 12.3. The van der Waals surface area contributed by atoms with Crippen LogP contribution in [0.2, 0.25) is 0 Å². The topological polar surface area (TPSA) is 134 Å². The molecule has 12 heteroatoms. The number of nitrogens with one attached hydrogen (secondary N) is 2. The summed E-state index contributed by atoms with van der Waals surface area (Å²) >= 11 is 0. The van der Waals surface area contributed by atoms with E-state index in [1.54, 1.807) is 48.5 Å². The van der Waals surface area contributed by atoms with Crippen LogP contribution in [0, 0.1) is 0 Å². The molecule has 0 unspecified atom stereocenters. The lowest BCUT2D eigenvalue weighted by Gasteiger charge is -2.38. The third-order valence-corrected chi connectivity index (χ3v) is 7.76. The molecule has 0 bridgehead atoms. The molecule has 10 nitrogen and oxygen atoms in total. The van der Waals surface area contributed by atoms with Crippen molar-refractivity contribution in [2.24, 2.45) is 5.73 Å². The fourth-order valence-corrected chi connectivity index (χ4v) is 5.51. The highest BCUT2D eigenvalue weighted by atomic mass is 35.5. The molecule has 0 saturated carbocycles. The highest BCUT2D eigenvalue weighted by Crippen LogP contribution is 2.25. The largest absolute Gasteiger partial charge is 0.457 e. The molecule has 43 heavy (non-hydrogen) atoms. The number of ether oxygens (including phenoxy) is 1. The molecule has 3 aromatic rings. The van der Waals surface area contributed by atoms with Crippen molar-refractivity contribution < 1.29 is 22.7 Å². The molecule has 4 rings (SSSR count). The first-order chi connectivity index (χ1) is 20.1. The maximum Gasteiger partial charge on any atom is 0.322 e. The Balaban J connectivity index is 0.00000506. The molecule has 1 fully saturated rings. The number of hydrogen-bond acceptors (Lipinski definition) is 6. The number of carbonyl (C=O) groups is 2. The van der Waals surface area contributed by atoms with Gasteiger partial charge in [0.1, 0.15) is 11.5 Å². The number of rotatable bonds is 12. The molecule has 0 spiro atoms. The van der Waals surface area contributed by atoms with Gasteiger partial charge in [0.25, 0.3) is 0 Å². The number of benzene rings is 3. The number of carbonyl (C=O) groups excluding carboxylic acids is 2. The van der Waals surface area contributed by atoms with Gasteiger partial charge in [0.05, 0.1) is 6.26 Å². The summed E-state index contributed by atoms with van der Waals surface area (Å²) in [5.74, 6) is 0.813. The summed E-state index contributed by atoms with van der Waals surface area (Å²) < 4.78 is 31.1. The minimum Gasteiger partial charge on any atom is -0.457 e. The minimum atomic E-state index is -3.32. The molecule has 0 atom stereocenters. The summed E-state index contributed by atoms with van der Waals surface area (Å²) in [5.41, 5.74) is 8.01. The van der Waals surface area contributed by atoms with E-state index in [1.165, 1.54) is 5.56 Å². The number of nitrogens with zero attached hydrogens (tertiary/aromatic N) is 2. The number of sulfonamides is 1. The van der Waals surface area contributed by atoms with Crippen LogP contribution in [0.5, 0.6) is 11.5 Å². The molecule has 1 aliphatic heterocycles. The van der Waals surface area contributed by atoms with Crippen molar-refractivity contribution in [1.82, 2.24) is 9.80 Å². The average molecular weight is 630 g/mol. The average Bonchev–Trinajstić information content (AvgIpc) is 2.96. The van der Waals surface area contributed by atoms with E-state index >= 15 is 0 Å². The Morgan fingerprint density at radius 2 is 1.49 bits per heavy atom. The van der Waals surface area contributed by atoms with E-state index in [2.05, 4.69) is 21.9 Å². The fraction of sp³-hybridized carbons (Fsp3) is 0.355. The Morgan fingerprint density at radius 3 is 2.02 bits per heavy atom. The number of nitrogens with two attached hydrogens (primary N) is 1. The van der Waals surface area contributed by atoms with Crippen LogP contribution in [-0.2, 0) is 16.6 Å². The SMILES string of the molecule is CCCCN(C(=O)Nc1ccc(C(N)=O)cc1)C1CCN(Cc2ccc(Oc3ccc(NS(C)(=O)=O)cc3)cc2)CC1.Cl. The van der Waals surface area contributed by atoms with Crippen molar-refractivity contribution >= 4 is 45.7 Å². The Labute approximate surface area is 260 Å². The maximum atomic E-state index is 13.2. The van der Waals surface area contributed by atoms with Gasteiger partial charge in [-0.2, -0.15) is 0 Å². The van der Waals surface area contributed by atoms with Crippen molar-refractivity contribution in [3.63, 3.8) is 0 Å². The van der Waals surface area contributed by atoms with Gasteiger partial charge in [-0.15, -0.1) is 12.4 Å². The number of likely N-dealkylation sites (tertiary alicyclic amines) is 1. The van der Waals surface area contributed by atoms with Crippen molar-refractivity contribution in [3.8, 4) is 11.5 Å². The zero-order valence-electron chi connectivity index (χ0n) is 24.5. The molecule has 0 radical (unpaired) electrons. The van der Waals surface area contributed by atoms with E-state index in [1.807, 2.05) is 29.2 Å². The van der Waals surface area contributed by atoms with Gasteiger partial charge in [-0.05, 0) is 85.5 Å². The molecule has 1 aliphatic rings. The van der Waals surface area contributed by atoms with Crippen LogP contribution in [0.3, 0.4) is 0 Å². The van der Waals surface area contributed by atoms with E-state index in [9.17, 15) is 18.0 Å². The van der Waals surface area contributed by atoms with Gasteiger partial charge in [-0.3, -0.25) is 14.4 Å². The molecule has 232 valence electrons. The van der Waals surface area contributed by atoms with Crippen molar-refractivity contribution in [1.29, 1.82) is 0 Å². The van der Waals surface area contributed by atoms with E-state index in [0.717, 1.165) is 51.6 Å². The molecule has 0 aliphatic carbocycles. The number of primary amides is 1. The molecule has 4 N–H and O–H groups in total. The van der Waals surface area contributed by atoms with Crippen LogP contribution in [0.25, 0.3) is 0 Å². The minimum absolute atomic E-state index is 0. The predicted molar refractivity (Wildman–Crippen MR) is 173 cm³/mol. The van der Waals surface area contributed by atoms with Crippen molar-refractivity contribution in [3.05, 3.63) is 83.9 Å². The van der Waals surface area contributed by atoms with Gasteiger partial charge in [0, 0.05) is 49.2 Å². The third-order valence-electron chi connectivity index (χ3n) is 7.15. The van der Waals surface area contributed by atoms with Gasteiger partial charge in [-0.25, -0.2) is 13.2 Å². The Morgan fingerprint density at radius 1 is 0.930 bits per heavy atom. The number of hydrogen-bond donors (Lipinski definition) is 3. The summed E-state index contributed by atoms with van der Waals surface area (Å²) in [7, 11) is -3.32. The monoisotopic (exact) mass is 629 g/mol. The summed E-state index contributed by atoms with van der Waals surface area (Å²) in [6, 6.07) is 21.4. The summed E-state index contributed by atoms with van der Waals surface area (Å²) in [6.45, 7) is 5.41. The molecular formula is C31H40ClN5O5S. The van der Waals surface area contributed by atoms with Crippen LogP contribution < -0.4 is 20.5 Å². The first-order valence-corrected chi connectivity index (χ1v) is 16.0. The Kier molecular flexibility index (Phi) is 12.2. The van der Waals surface area contributed by atoms with Crippen molar-refractivity contribution in [2.45, 2.75) is 45.2 Å². The predicted octanol–water partition coefficient (Wildman–Crippen LogP) is 5.67. The maximum absolute atomic E-state index is 13.2. The Hall–Kier alpha value is -3.80. The standard InChI is InChI=1S/C31H39N5O5S.ClH/c1-3-4-19-36(31(38)33-25-9-7-24(8-10-25)30(32)37)27-17-20-35(21-18-27)22-23-5-13-28(14-6-23)41-29-15-11-26(12-16-29)34-42(2,39)40;/h5-16,27,34H,3-4,17-22H2,1-2H3,(H2,32,37)(H,33,38);1H. The van der Waals surface area contributed by atoms with Crippen LogP contribution in [-0.4, -0.2) is 62.1 Å². The smallest absolute Gasteiger partial charge is 0.322 e. The van der Waals surface area contributed by atoms with Gasteiger partial charge in [-0.1, -0.05) is 25.5 Å². The summed E-state index contributed by atoms with van der Waals surface area (Å²) in [5, 5.41) is 2.98. The van der Waals surface area contributed by atoms with Gasteiger partial charge < -0.3 is 20.7 Å². The lowest BCUT2D eigenvalue weighted by atomic mass is 10.0. The number of piperidine rings is 1. The van der Waals surface area contributed by atoms with Gasteiger partial charge >= 0.3 is 6.03 Å². The highest BCUT2D eigenvalue weighted by molar-refractivity contribution is 7.92. The number of amides is 3. The first-order valence-electron chi connectivity index (χ1n) is 14.1. The fourth-order valence-electron chi connectivity index (χ4n) is 4.94. The molecule has 1 heterocycles. The van der Waals surface area contributed by atoms with Gasteiger partial charge in [0.15, 0.2) is 0 Å². The van der Waals surface area contributed by atoms with E-state index < -0.39 is 15.9 Å². The second-order valence-electron chi connectivity index (χ2n) is 10.6. The van der Waals surface area contributed by atoms with Crippen LogP contribution in [0.1, 0.15) is 48.5 Å². The number of anilines is 2. The zero-order chi connectivity index (χ0) is 30.1. The zero-order valence-corrected chi connectivity index (χ0v) is 26.1. The van der Waals surface area contributed by atoms with Crippen LogP contribution >= 0.6 is 12.4 Å². The summed E-state index contributed by atoms with van der Waals surface area (Å²) in [6.07, 6.45) is 4.83. The quantitative estimate of drug-likeness (QED) is 0.236. The molecular weight excluding hydrogens is 590 g/mol. The number of unbranched alkanes of at least 4 members (excludes halogenated alkanes) is 1. The van der Waals surface area contributed by atoms with Crippen molar-refractivity contribution in [2.75, 3.05) is 35.9 Å². The summed E-state index contributed by atoms with van der Waals surface area (Å²) in [4.78, 5) is 28.9. The van der Waals surface area contributed by atoms with Crippen LogP contribution in [0.4, 0.5) is 16.2 Å². The molecule has 1 saturated heterocycles. The van der Waals surface area contributed by atoms with Gasteiger partial charge in [0.2, 0.25) is 15.9 Å². The lowest BCUT2D eigenvalue weighted by Crippen LogP contribution is -2.49. The third kappa shape index (κ3) is 10.5. The Bertz CT molecular complexity index is 1440. The van der Waals surface area contributed by atoms with Crippen LogP contribution in [0.15, 0.2) is 72.8 Å². The molecule has 3 aromatic carbocycles. The van der Waals surface area contributed by atoms with E-state index in [4.69, 9.17) is 10.5 Å². The first kappa shape index (κ1) is 33.7. The second kappa shape index (κ2) is 15.6. The number of urea groups is 1. The molecule has 3 amide bonds. The van der Waals surface area contributed by atoms with E-state index in [0.29, 0.717) is 35.0 Å². The highest BCUT2D eigenvalue weighted by Gasteiger charge is 2.28. The normalized spacial score (nSPS) is 13.9. The lowest BCUT2D eigenvalue weighted by molar-refractivity contribution is 0.1000.